The first-order valence-corrected chi connectivity index (χ1v) is 6.53. The van der Waals surface area contributed by atoms with Crippen molar-refractivity contribution in [1.29, 1.82) is 0 Å². The molecule has 6 heteroatoms. The number of nitrogens with zero attached hydrogens (tertiary/aromatic N) is 2. The van der Waals surface area contributed by atoms with Crippen LogP contribution < -0.4 is 11.1 Å². The maximum Gasteiger partial charge on any atom is 0.222 e. The fourth-order valence-electron chi connectivity index (χ4n) is 1.51. The minimum Gasteiger partial charge on any atom is -0.368 e. The molecule has 0 fully saturated rings. The molecule has 0 spiro atoms. The normalized spacial score (nSPS) is 10.5. The number of nitrogen functional groups attached to an aromatic ring is 1. The number of nitrogens with one attached hydrogen (secondary N) is 1. The number of aromatic nitrogens is 2. The van der Waals surface area contributed by atoms with E-state index in [0.29, 0.717) is 17.4 Å². The van der Waals surface area contributed by atoms with E-state index in [2.05, 4.69) is 33.7 Å². The lowest BCUT2D eigenvalue weighted by molar-refractivity contribution is 1.06. The minimum absolute atomic E-state index is 0.221. The van der Waals surface area contributed by atoms with Crippen LogP contribution >= 0.6 is 22.9 Å². The second-order valence-corrected chi connectivity index (χ2v) is 4.91. The molecule has 0 aromatic carbocycles. The summed E-state index contributed by atoms with van der Waals surface area (Å²) in [4.78, 5) is 9.16. The Kier molecular flexibility index (Phi) is 3.81. The van der Waals surface area contributed by atoms with E-state index in [9.17, 15) is 0 Å². The molecule has 17 heavy (non-hydrogen) atoms. The van der Waals surface area contributed by atoms with E-state index in [4.69, 9.17) is 17.3 Å². The van der Waals surface area contributed by atoms with Gasteiger partial charge in [-0.2, -0.15) is 4.98 Å². The van der Waals surface area contributed by atoms with Gasteiger partial charge in [0.1, 0.15) is 5.02 Å². The first kappa shape index (κ1) is 12.1. The van der Waals surface area contributed by atoms with Crippen LogP contribution in [0, 0.1) is 0 Å². The number of nitrogens with two attached hydrogens (primary N) is 1. The number of rotatable bonds is 4. The molecule has 4 nitrogen and oxygen atoms in total. The van der Waals surface area contributed by atoms with Crippen LogP contribution in [0.3, 0.4) is 0 Å². The molecule has 2 aromatic heterocycles. The van der Waals surface area contributed by atoms with Gasteiger partial charge in [-0.3, -0.25) is 0 Å². The highest BCUT2D eigenvalue weighted by molar-refractivity contribution is 7.10. The number of anilines is 2. The monoisotopic (exact) mass is 268 g/mol. The molecular weight excluding hydrogens is 256 g/mol. The summed E-state index contributed by atoms with van der Waals surface area (Å²) in [6, 6.07) is 2.14. The van der Waals surface area contributed by atoms with E-state index in [0.717, 1.165) is 6.42 Å². The van der Waals surface area contributed by atoms with E-state index >= 15 is 0 Å². The second kappa shape index (κ2) is 5.33. The van der Waals surface area contributed by atoms with Gasteiger partial charge in [0, 0.05) is 4.88 Å². The molecule has 0 radical (unpaired) electrons. The first-order valence-electron chi connectivity index (χ1n) is 5.27. The molecule has 0 saturated carbocycles. The summed E-state index contributed by atoms with van der Waals surface area (Å²) in [6.07, 6.45) is 2.53. The van der Waals surface area contributed by atoms with Crippen molar-refractivity contribution in [3.8, 4) is 0 Å². The highest BCUT2D eigenvalue weighted by Gasteiger charge is 2.06. The zero-order valence-electron chi connectivity index (χ0n) is 9.40. The van der Waals surface area contributed by atoms with Gasteiger partial charge < -0.3 is 11.1 Å². The van der Waals surface area contributed by atoms with Gasteiger partial charge in [0.25, 0.3) is 0 Å². The summed E-state index contributed by atoms with van der Waals surface area (Å²) < 4.78 is 0. The summed E-state index contributed by atoms with van der Waals surface area (Å²) in [6.45, 7) is 2.85. The van der Waals surface area contributed by atoms with Crippen molar-refractivity contribution in [1.82, 2.24) is 9.97 Å². The van der Waals surface area contributed by atoms with Gasteiger partial charge in [0.15, 0.2) is 5.82 Å². The van der Waals surface area contributed by atoms with Crippen molar-refractivity contribution in [2.45, 2.75) is 19.9 Å². The molecule has 0 aliphatic rings. The Morgan fingerprint density at radius 1 is 1.53 bits per heavy atom. The zero-order chi connectivity index (χ0) is 12.3. The van der Waals surface area contributed by atoms with Crippen LogP contribution in [0.1, 0.15) is 17.4 Å². The Morgan fingerprint density at radius 3 is 3.12 bits per heavy atom. The van der Waals surface area contributed by atoms with Crippen LogP contribution in [0.15, 0.2) is 17.6 Å². The average Bonchev–Trinajstić information content (AvgIpc) is 2.77. The standard InChI is InChI=1S/C11H13ClN4S/c1-2-7-3-4-17-9(7)6-14-10-8(12)5-15-11(13)16-10/h3-5H,2,6H2,1H3,(H3,13,14,15,16). The van der Waals surface area contributed by atoms with Crippen LogP contribution in [0.2, 0.25) is 5.02 Å². The van der Waals surface area contributed by atoms with Crippen LogP contribution in [0.25, 0.3) is 0 Å². The van der Waals surface area contributed by atoms with Gasteiger partial charge in [0.2, 0.25) is 5.95 Å². The van der Waals surface area contributed by atoms with E-state index < -0.39 is 0 Å². The van der Waals surface area contributed by atoms with Crippen molar-refractivity contribution in [3.05, 3.63) is 33.1 Å². The molecular formula is C11H13ClN4S. The van der Waals surface area contributed by atoms with Gasteiger partial charge >= 0.3 is 0 Å². The number of halogens is 1. The molecule has 90 valence electrons. The molecule has 2 aromatic rings. The van der Waals surface area contributed by atoms with E-state index in [1.165, 1.54) is 16.6 Å². The Balaban J connectivity index is 2.09. The third-order valence-corrected chi connectivity index (χ3v) is 3.64. The molecule has 0 bridgehead atoms. The predicted molar refractivity (Wildman–Crippen MR) is 72.5 cm³/mol. The number of aryl methyl sites for hydroxylation is 1. The molecule has 2 heterocycles. The summed E-state index contributed by atoms with van der Waals surface area (Å²) in [7, 11) is 0. The van der Waals surface area contributed by atoms with Gasteiger partial charge in [-0.15, -0.1) is 11.3 Å². The summed E-state index contributed by atoms with van der Waals surface area (Å²) in [5.74, 6) is 0.799. The summed E-state index contributed by atoms with van der Waals surface area (Å²) in [5.41, 5.74) is 6.86. The third kappa shape index (κ3) is 2.87. The first-order chi connectivity index (χ1) is 8.20. The molecule has 0 unspecified atom stereocenters. The molecule has 0 aliphatic heterocycles. The molecule has 0 saturated heterocycles. The lowest BCUT2D eigenvalue weighted by atomic mass is 10.2. The number of hydrogen-bond donors (Lipinski definition) is 2. The smallest absolute Gasteiger partial charge is 0.222 e. The molecule has 0 amide bonds. The molecule has 0 aliphatic carbocycles. The van der Waals surface area contributed by atoms with Crippen LogP contribution in [-0.2, 0) is 13.0 Å². The zero-order valence-corrected chi connectivity index (χ0v) is 11.0. The molecule has 3 N–H and O–H groups in total. The van der Waals surface area contributed by atoms with E-state index in [1.54, 1.807) is 11.3 Å². The van der Waals surface area contributed by atoms with Gasteiger partial charge in [0.05, 0.1) is 12.7 Å². The fourth-order valence-corrected chi connectivity index (χ4v) is 2.58. The van der Waals surface area contributed by atoms with Crippen molar-refractivity contribution in [2.75, 3.05) is 11.1 Å². The van der Waals surface area contributed by atoms with Gasteiger partial charge in [-0.1, -0.05) is 18.5 Å². The quantitative estimate of drug-likeness (QED) is 0.895. The lowest BCUT2D eigenvalue weighted by Crippen LogP contribution is -2.05. The third-order valence-electron chi connectivity index (χ3n) is 2.40. The van der Waals surface area contributed by atoms with Crippen LogP contribution in [0.4, 0.5) is 11.8 Å². The van der Waals surface area contributed by atoms with Gasteiger partial charge in [-0.05, 0) is 23.4 Å². The Labute approximate surface area is 109 Å². The van der Waals surface area contributed by atoms with Gasteiger partial charge in [-0.25, -0.2) is 4.98 Å². The number of hydrogen-bond acceptors (Lipinski definition) is 5. The van der Waals surface area contributed by atoms with Crippen molar-refractivity contribution in [2.24, 2.45) is 0 Å². The molecule has 2 rings (SSSR count). The Morgan fingerprint density at radius 2 is 2.35 bits per heavy atom. The summed E-state index contributed by atoms with van der Waals surface area (Å²) in [5, 5.41) is 5.75. The number of thiophene rings is 1. The second-order valence-electron chi connectivity index (χ2n) is 3.50. The topological polar surface area (TPSA) is 63.8 Å². The Hall–Kier alpha value is -1.33. The van der Waals surface area contributed by atoms with Crippen LogP contribution in [-0.4, -0.2) is 9.97 Å². The molecule has 0 atom stereocenters. The van der Waals surface area contributed by atoms with E-state index in [1.807, 2.05) is 0 Å². The predicted octanol–water partition coefficient (Wildman–Crippen LogP) is 2.95. The maximum absolute atomic E-state index is 5.97. The van der Waals surface area contributed by atoms with Crippen molar-refractivity contribution in [3.63, 3.8) is 0 Å². The lowest BCUT2D eigenvalue weighted by Gasteiger charge is -2.07. The highest BCUT2D eigenvalue weighted by atomic mass is 35.5. The minimum atomic E-state index is 0.221. The Bertz CT molecular complexity index is 512. The average molecular weight is 269 g/mol. The van der Waals surface area contributed by atoms with Crippen molar-refractivity contribution >= 4 is 34.7 Å². The maximum atomic E-state index is 5.97. The summed E-state index contributed by atoms with van der Waals surface area (Å²) >= 11 is 7.69. The largest absolute Gasteiger partial charge is 0.368 e. The van der Waals surface area contributed by atoms with Crippen molar-refractivity contribution < 1.29 is 0 Å². The fraction of sp³-hybridized carbons (Fsp3) is 0.273. The van der Waals surface area contributed by atoms with E-state index in [-0.39, 0.29) is 5.95 Å². The highest BCUT2D eigenvalue weighted by Crippen LogP contribution is 2.22. The van der Waals surface area contributed by atoms with Crippen LogP contribution in [0.5, 0.6) is 0 Å². The SMILES string of the molecule is CCc1ccsc1CNc1nc(N)ncc1Cl.